The summed E-state index contributed by atoms with van der Waals surface area (Å²) in [5.41, 5.74) is -0.362. The Morgan fingerprint density at radius 3 is 2.78 bits per heavy atom. The molecule has 6 nitrogen and oxygen atoms in total. The molecule has 0 N–H and O–H groups in total. The van der Waals surface area contributed by atoms with E-state index in [0.717, 1.165) is 13.2 Å². The molecule has 1 heterocycles. The van der Waals surface area contributed by atoms with Crippen molar-refractivity contribution in [2.24, 2.45) is 0 Å². The van der Waals surface area contributed by atoms with Crippen molar-refractivity contribution in [3.63, 3.8) is 0 Å². The van der Waals surface area contributed by atoms with Crippen LogP contribution in [-0.4, -0.2) is 50.4 Å². The largest absolute Gasteiger partial charge is 0.490 e. The van der Waals surface area contributed by atoms with Crippen molar-refractivity contribution in [2.45, 2.75) is 0 Å². The van der Waals surface area contributed by atoms with Gasteiger partial charge in [-0.2, -0.15) is 5.06 Å². The van der Waals surface area contributed by atoms with Gasteiger partial charge in [-0.05, 0) is 0 Å². The fourth-order valence-corrected chi connectivity index (χ4v) is 1.13. The quantitative estimate of drug-likeness (QED) is 0.557. The minimum absolute atomic E-state index is 0.240. The molecule has 0 fully saturated rings. The average molecular weight is 258 g/mol. The molecule has 0 spiro atoms. The molecule has 0 saturated carbocycles. The van der Waals surface area contributed by atoms with Gasteiger partial charge >= 0.3 is 5.97 Å². The number of halogens is 1. The Hall–Kier alpha value is -1.73. The lowest BCUT2D eigenvalue weighted by Crippen LogP contribution is -2.23. The van der Waals surface area contributed by atoms with Crippen LogP contribution < -0.4 is 4.74 Å². The van der Waals surface area contributed by atoms with Gasteiger partial charge < -0.3 is 14.3 Å². The number of pyridine rings is 1. The van der Waals surface area contributed by atoms with Gasteiger partial charge in [0.15, 0.2) is 11.5 Å². The van der Waals surface area contributed by atoms with Crippen molar-refractivity contribution in [2.75, 3.05) is 34.4 Å². The Balaban J connectivity index is 2.59. The van der Waals surface area contributed by atoms with Gasteiger partial charge in [0.2, 0.25) is 0 Å². The standard InChI is InChI=1S/C11H15FN2O4/c1-14(17-3)4-5-18-8-6-9(12)10(13-7-8)11(15)16-2/h6-7H,4-5H2,1-3H3. The fraction of sp³-hybridized carbons (Fsp3) is 0.455. The molecule has 0 aliphatic carbocycles. The molecule has 18 heavy (non-hydrogen) atoms. The number of hydroxylamine groups is 2. The number of ether oxygens (including phenoxy) is 2. The minimum Gasteiger partial charge on any atom is -0.490 e. The van der Waals surface area contributed by atoms with E-state index in [-0.39, 0.29) is 11.4 Å². The summed E-state index contributed by atoms with van der Waals surface area (Å²) in [6, 6.07) is 1.09. The first kappa shape index (κ1) is 14.3. The van der Waals surface area contributed by atoms with Gasteiger partial charge in [0.25, 0.3) is 0 Å². The molecule has 0 amide bonds. The number of hydrogen-bond donors (Lipinski definition) is 0. The first-order chi connectivity index (χ1) is 8.58. The van der Waals surface area contributed by atoms with Crippen LogP contribution in [0.2, 0.25) is 0 Å². The van der Waals surface area contributed by atoms with Crippen molar-refractivity contribution in [3.05, 3.63) is 23.8 Å². The van der Waals surface area contributed by atoms with E-state index in [0.29, 0.717) is 13.2 Å². The minimum atomic E-state index is -0.821. The highest BCUT2D eigenvalue weighted by atomic mass is 19.1. The lowest BCUT2D eigenvalue weighted by atomic mass is 10.3. The van der Waals surface area contributed by atoms with E-state index in [1.807, 2.05) is 0 Å². The van der Waals surface area contributed by atoms with Crippen LogP contribution in [-0.2, 0) is 9.57 Å². The van der Waals surface area contributed by atoms with Crippen molar-refractivity contribution in [1.82, 2.24) is 10.0 Å². The van der Waals surface area contributed by atoms with Crippen LogP contribution in [0.25, 0.3) is 0 Å². The zero-order chi connectivity index (χ0) is 13.5. The number of likely N-dealkylation sites (N-methyl/N-ethyl adjacent to an activating group) is 1. The Labute approximate surface area is 104 Å². The smallest absolute Gasteiger partial charge is 0.359 e. The predicted molar refractivity (Wildman–Crippen MR) is 60.7 cm³/mol. The number of rotatable bonds is 6. The highest BCUT2D eigenvalue weighted by Crippen LogP contribution is 2.14. The molecule has 0 aliphatic heterocycles. The van der Waals surface area contributed by atoms with Crippen LogP contribution in [0.1, 0.15) is 10.5 Å². The second-order valence-electron chi connectivity index (χ2n) is 3.38. The van der Waals surface area contributed by atoms with E-state index in [1.165, 1.54) is 13.3 Å². The van der Waals surface area contributed by atoms with Gasteiger partial charge in [0, 0.05) is 13.1 Å². The highest BCUT2D eigenvalue weighted by molar-refractivity contribution is 5.87. The molecule has 1 aromatic heterocycles. The Bertz CT molecular complexity index is 414. The second-order valence-corrected chi connectivity index (χ2v) is 3.38. The first-order valence-electron chi connectivity index (χ1n) is 5.20. The van der Waals surface area contributed by atoms with Crippen LogP contribution in [0, 0.1) is 5.82 Å². The second kappa shape index (κ2) is 6.87. The monoisotopic (exact) mass is 258 g/mol. The molecule has 0 bridgehead atoms. The third-order valence-corrected chi connectivity index (χ3v) is 2.18. The molecule has 0 radical (unpaired) electrons. The number of carbonyl (C=O) groups excluding carboxylic acids is 1. The van der Waals surface area contributed by atoms with Crippen LogP contribution in [0.15, 0.2) is 12.3 Å². The molecule has 0 atom stereocenters. The molecule has 0 aromatic carbocycles. The van der Waals surface area contributed by atoms with E-state index < -0.39 is 11.8 Å². The third-order valence-electron chi connectivity index (χ3n) is 2.18. The summed E-state index contributed by atoms with van der Waals surface area (Å²) in [6.45, 7) is 0.819. The van der Waals surface area contributed by atoms with Gasteiger partial charge in [-0.1, -0.05) is 0 Å². The van der Waals surface area contributed by atoms with Crippen LogP contribution in [0.3, 0.4) is 0 Å². The van der Waals surface area contributed by atoms with Gasteiger partial charge in [-0.25, -0.2) is 14.2 Å². The van der Waals surface area contributed by atoms with Gasteiger partial charge in [0.1, 0.15) is 12.4 Å². The number of esters is 1. The molecule has 0 unspecified atom stereocenters. The van der Waals surface area contributed by atoms with Gasteiger partial charge in [-0.3, -0.25) is 0 Å². The first-order valence-corrected chi connectivity index (χ1v) is 5.20. The molecule has 100 valence electrons. The zero-order valence-electron chi connectivity index (χ0n) is 10.5. The summed E-state index contributed by atoms with van der Waals surface area (Å²) in [6.07, 6.45) is 1.27. The maximum atomic E-state index is 13.5. The Morgan fingerprint density at radius 2 is 2.22 bits per heavy atom. The number of aromatic nitrogens is 1. The Kier molecular flexibility index (Phi) is 5.47. The molecule has 0 saturated heterocycles. The van der Waals surface area contributed by atoms with Gasteiger partial charge in [0.05, 0.1) is 27.0 Å². The molecule has 7 heteroatoms. The van der Waals surface area contributed by atoms with Crippen molar-refractivity contribution < 1.29 is 23.5 Å². The average Bonchev–Trinajstić information content (AvgIpc) is 2.37. The topological polar surface area (TPSA) is 60.9 Å². The van der Waals surface area contributed by atoms with Crippen molar-refractivity contribution in [3.8, 4) is 5.75 Å². The van der Waals surface area contributed by atoms with E-state index in [2.05, 4.69) is 9.72 Å². The number of methoxy groups -OCH3 is 1. The van der Waals surface area contributed by atoms with E-state index >= 15 is 0 Å². The number of hydrogen-bond acceptors (Lipinski definition) is 6. The van der Waals surface area contributed by atoms with Crippen LogP contribution in [0.5, 0.6) is 5.75 Å². The summed E-state index contributed by atoms with van der Waals surface area (Å²) >= 11 is 0. The molecular weight excluding hydrogens is 243 g/mol. The van der Waals surface area contributed by atoms with E-state index in [1.54, 1.807) is 12.1 Å². The molecular formula is C11H15FN2O4. The highest BCUT2D eigenvalue weighted by Gasteiger charge is 2.14. The molecule has 1 rings (SSSR count). The van der Waals surface area contributed by atoms with Crippen molar-refractivity contribution >= 4 is 5.97 Å². The van der Waals surface area contributed by atoms with Crippen molar-refractivity contribution in [1.29, 1.82) is 0 Å². The van der Waals surface area contributed by atoms with E-state index in [4.69, 9.17) is 9.57 Å². The predicted octanol–water partition coefficient (Wildman–Crippen LogP) is 0.879. The summed E-state index contributed by atoms with van der Waals surface area (Å²) in [5, 5.41) is 1.56. The van der Waals surface area contributed by atoms with Crippen LogP contribution in [0.4, 0.5) is 4.39 Å². The lowest BCUT2D eigenvalue weighted by Gasteiger charge is -2.13. The van der Waals surface area contributed by atoms with Crippen LogP contribution >= 0.6 is 0 Å². The lowest BCUT2D eigenvalue weighted by molar-refractivity contribution is -0.113. The molecule has 0 aliphatic rings. The molecule has 1 aromatic rings. The van der Waals surface area contributed by atoms with Gasteiger partial charge in [-0.15, -0.1) is 0 Å². The third kappa shape index (κ3) is 3.94. The number of nitrogens with zero attached hydrogens (tertiary/aromatic N) is 2. The fourth-order valence-electron chi connectivity index (χ4n) is 1.13. The zero-order valence-corrected chi connectivity index (χ0v) is 10.5. The summed E-state index contributed by atoms with van der Waals surface area (Å²) < 4.78 is 23.1. The SMILES string of the molecule is COC(=O)c1ncc(OCCN(C)OC)cc1F. The maximum absolute atomic E-state index is 13.5. The normalized spacial score (nSPS) is 10.5. The summed E-state index contributed by atoms with van der Waals surface area (Å²) in [7, 11) is 4.43. The Morgan fingerprint density at radius 1 is 1.50 bits per heavy atom. The number of carbonyl (C=O) groups is 1. The van der Waals surface area contributed by atoms with E-state index in [9.17, 15) is 9.18 Å². The summed E-state index contributed by atoms with van der Waals surface area (Å²) in [4.78, 5) is 19.6. The summed E-state index contributed by atoms with van der Waals surface area (Å²) in [5.74, 6) is -1.36. The maximum Gasteiger partial charge on any atom is 0.359 e.